The summed E-state index contributed by atoms with van der Waals surface area (Å²) in [5.74, 6) is -1.38. The zero-order valence-electron chi connectivity index (χ0n) is 11.4. The molecule has 4 nitrogen and oxygen atoms in total. The number of amides is 1. The molecule has 0 radical (unpaired) electrons. The number of hydrogen-bond donors (Lipinski definition) is 2. The van der Waals surface area contributed by atoms with Gasteiger partial charge in [0.05, 0.1) is 5.92 Å². The number of carbonyl (C=O) groups is 2. The van der Waals surface area contributed by atoms with Crippen molar-refractivity contribution in [1.82, 2.24) is 5.32 Å². The highest BCUT2D eigenvalue weighted by atomic mass is 16.4. The molecule has 0 aromatic rings. The average molecular weight is 253 g/mol. The quantitative estimate of drug-likeness (QED) is 0.738. The van der Waals surface area contributed by atoms with E-state index >= 15 is 0 Å². The van der Waals surface area contributed by atoms with Crippen LogP contribution in [0, 0.1) is 17.3 Å². The summed E-state index contributed by atoms with van der Waals surface area (Å²) in [6, 6.07) is 0. The van der Waals surface area contributed by atoms with Gasteiger partial charge in [-0.1, -0.05) is 32.9 Å². The number of nitrogens with one attached hydrogen (secondary N) is 1. The molecule has 18 heavy (non-hydrogen) atoms. The predicted molar refractivity (Wildman–Crippen MR) is 70.1 cm³/mol. The molecule has 102 valence electrons. The molecule has 1 aliphatic rings. The SMILES string of the molecule is CC(C)(C)CC(CNC(=O)C1CC=CC1)C(=O)O. The second-order valence-corrected chi connectivity index (χ2v) is 6.18. The molecule has 0 saturated carbocycles. The third kappa shape index (κ3) is 4.90. The summed E-state index contributed by atoms with van der Waals surface area (Å²) in [5, 5.41) is 11.9. The number of carboxylic acid groups (broad SMARTS) is 1. The van der Waals surface area contributed by atoms with Crippen LogP contribution >= 0.6 is 0 Å². The summed E-state index contributed by atoms with van der Waals surface area (Å²) in [6.45, 7) is 6.24. The van der Waals surface area contributed by atoms with Crippen LogP contribution in [0.5, 0.6) is 0 Å². The standard InChI is InChI=1S/C14H23NO3/c1-14(2,3)8-11(13(17)18)9-15-12(16)10-6-4-5-7-10/h4-5,10-11H,6-9H2,1-3H3,(H,15,16)(H,17,18). The number of rotatable bonds is 5. The largest absolute Gasteiger partial charge is 0.481 e. The Kier molecular flexibility index (Phi) is 4.93. The van der Waals surface area contributed by atoms with E-state index in [0.29, 0.717) is 6.42 Å². The molecule has 0 aliphatic heterocycles. The van der Waals surface area contributed by atoms with Gasteiger partial charge in [0.15, 0.2) is 0 Å². The summed E-state index contributed by atoms with van der Waals surface area (Å²) in [4.78, 5) is 22.9. The van der Waals surface area contributed by atoms with E-state index in [4.69, 9.17) is 5.11 Å². The zero-order valence-corrected chi connectivity index (χ0v) is 11.4. The zero-order chi connectivity index (χ0) is 13.8. The van der Waals surface area contributed by atoms with Crippen LogP contribution < -0.4 is 5.32 Å². The lowest BCUT2D eigenvalue weighted by molar-refractivity contribution is -0.142. The van der Waals surface area contributed by atoms with Gasteiger partial charge in [-0.15, -0.1) is 0 Å². The number of hydrogen-bond acceptors (Lipinski definition) is 2. The Morgan fingerprint density at radius 3 is 2.33 bits per heavy atom. The van der Waals surface area contributed by atoms with Gasteiger partial charge in [0.1, 0.15) is 0 Å². The lowest BCUT2D eigenvalue weighted by atomic mass is 9.84. The van der Waals surface area contributed by atoms with E-state index in [0.717, 1.165) is 12.8 Å². The third-order valence-electron chi connectivity index (χ3n) is 3.11. The van der Waals surface area contributed by atoms with Gasteiger partial charge in [-0.05, 0) is 24.7 Å². The molecule has 0 bridgehead atoms. The molecule has 1 unspecified atom stereocenters. The van der Waals surface area contributed by atoms with Crippen LogP contribution in [0.2, 0.25) is 0 Å². The summed E-state index contributed by atoms with van der Waals surface area (Å²) in [6.07, 6.45) is 6.08. The van der Waals surface area contributed by atoms with Crippen molar-refractivity contribution in [3.63, 3.8) is 0 Å². The number of aliphatic carboxylic acids is 1. The predicted octanol–water partition coefficient (Wildman–Crippen LogP) is 2.21. The van der Waals surface area contributed by atoms with Crippen molar-refractivity contribution in [2.45, 2.75) is 40.0 Å². The molecule has 1 rings (SSSR count). The number of allylic oxidation sites excluding steroid dienone is 2. The molecule has 0 saturated heterocycles. The van der Waals surface area contributed by atoms with Crippen LogP contribution in [0.15, 0.2) is 12.2 Å². The minimum absolute atomic E-state index is 0.00548. The van der Waals surface area contributed by atoms with E-state index < -0.39 is 11.9 Å². The molecular weight excluding hydrogens is 230 g/mol. The number of carboxylic acids is 1. The Morgan fingerprint density at radius 1 is 1.33 bits per heavy atom. The summed E-state index contributed by atoms with van der Waals surface area (Å²) >= 11 is 0. The van der Waals surface area contributed by atoms with E-state index in [9.17, 15) is 9.59 Å². The van der Waals surface area contributed by atoms with Crippen molar-refractivity contribution in [3.8, 4) is 0 Å². The average Bonchev–Trinajstić information content (AvgIpc) is 2.75. The van der Waals surface area contributed by atoms with Gasteiger partial charge in [-0.25, -0.2) is 0 Å². The molecule has 0 aromatic carbocycles. The summed E-state index contributed by atoms with van der Waals surface area (Å²) < 4.78 is 0. The molecule has 0 spiro atoms. The van der Waals surface area contributed by atoms with E-state index in [2.05, 4.69) is 5.32 Å². The maximum Gasteiger partial charge on any atom is 0.308 e. The summed E-state index contributed by atoms with van der Waals surface area (Å²) in [5.41, 5.74) is -0.0529. The highest BCUT2D eigenvalue weighted by molar-refractivity contribution is 5.80. The maximum atomic E-state index is 11.8. The van der Waals surface area contributed by atoms with Gasteiger partial charge >= 0.3 is 5.97 Å². The van der Waals surface area contributed by atoms with Crippen molar-refractivity contribution in [2.24, 2.45) is 17.3 Å². The first kappa shape index (κ1) is 14.7. The van der Waals surface area contributed by atoms with Gasteiger partial charge in [-0.2, -0.15) is 0 Å². The molecule has 0 aromatic heterocycles. The molecule has 2 N–H and O–H groups in total. The number of carbonyl (C=O) groups excluding carboxylic acids is 1. The second kappa shape index (κ2) is 6.03. The minimum atomic E-state index is -0.838. The van der Waals surface area contributed by atoms with Crippen molar-refractivity contribution < 1.29 is 14.7 Å². The van der Waals surface area contributed by atoms with Crippen molar-refractivity contribution in [2.75, 3.05) is 6.54 Å². The smallest absolute Gasteiger partial charge is 0.308 e. The van der Waals surface area contributed by atoms with E-state index in [1.165, 1.54) is 0 Å². The Morgan fingerprint density at radius 2 is 1.89 bits per heavy atom. The van der Waals surface area contributed by atoms with Crippen molar-refractivity contribution >= 4 is 11.9 Å². The van der Waals surface area contributed by atoms with Crippen LogP contribution in [0.4, 0.5) is 0 Å². The molecule has 0 fully saturated rings. The van der Waals surface area contributed by atoms with Crippen LogP contribution in [-0.4, -0.2) is 23.5 Å². The Bertz CT molecular complexity index is 333. The first-order valence-corrected chi connectivity index (χ1v) is 6.45. The van der Waals surface area contributed by atoms with E-state index in [1.54, 1.807) is 0 Å². The molecule has 1 atom stereocenters. The lowest BCUT2D eigenvalue weighted by Crippen LogP contribution is -2.37. The molecule has 1 amide bonds. The van der Waals surface area contributed by atoms with Crippen LogP contribution in [0.3, 0.4) is 0 Å². The molecular formula is C14H23NO3. The second-order valence-electron chi connectivity index (χ2n) is 6.18. The topological polar surface area (TPSA) is 66.4 Å². The fourth-order valence-electron chi connectivity index (χ4n) is 2.19. The van der Waals surface area contributed by atoms with Crippen LogP contribution in [-0.2, 0) is 9.59 Å². The highest BCUT2D eigenvalue weighted by Crippen LogP contribution is 2.24. The Hall–Kier alpha value is -1.32. The highest BCUT2D eigenvalue weighted by Gasteiger charge is 2.26. The monoisotopic (exact) mass is 253 g/mol. The van der Waals surface area contributed by atoms with Gasteiger partial charge in [0.25, 0.3) is 0 Å². The Balaban J connectivity index is 2.42. The molecule has 1 aliphatic carbocycles. The normalized spacial score (nSPS) is 17.7. The van der Waals surface area contributed by atoms with Crippen molar-refractivity contribution in [1.29, 1.82) is 0 Å². The summed E-state index contributed by atoms with van der Waals surface area (Å²) in [7, 11) is 0. The van der Waals surface area contributed by atoms with Crippen LogP contribution in [0.1, 0.15) is 40.0 Å². The van der Waals surface area contributed by atoms with E-state index in [-0.39, 0.29) is 23.8 Å². The van der Waals surface area contributed by atoms with Crippen molar-refractivity contribution in [3.05, 3.63) is 12.2 Å². The third-order valence-corrected chi connectivity index (χ3v) is 3.11. The van der Waals surface area contributed by atoms with Gasteiger partial charge < -0.3 is 10.4 Å². The lowest BCUT2D eigenvalue weighted by Gasteiger charge is -2.23. The first-order valence-electron chi connectivity index (χ1n) is 6.45. The maximum absolute atomic E-state index is 11.8. The van der Waals surface area contributed by atoms with Crippen LogP contribution in [0.25, 0.3) is 0 Å². The molecule has 0 heterocycles. The van der Waals surface area contributed by atoms with E-state index in [1.807, 2.05) is 32.9 Å². The van der Waals surface area contributed by atoms with Gasteiger partial charge in [0.2, 0.25) is 5.91 Å². The first-order chi connectivity index (χ1) is 8.29. The Labute approximate surface area is 108 Å². The van der Waals surface area contributed by atoms with Gasteiger partial charge in [0, 0.05) is 12.5 Å². The minimum Gasteiger partial charge on any atom is -0.481 e. The fourth-order valence-corrected chi connectivity index (χ4v) is 2.19. The van der Waals surface area contributed by atoms with Gasteiger partial charge in [-0.3, -0.25) is 9.59 Å². The fraction of sp³-hybridized carbons (Fsp3) is 0.714. The molecule has 4 heteroatoms.